The molecule has 0 unspecified atom stereocenters. The second-order valence-electron chi connectivity index (χ2n) is 7.68. The highest BCUT2D eigenvalue weighted by Crippen LogP contribution is 2.24. The number of carbonyl (C=O) groups is 2. The van der Waals surface area contributed by atoms with Gasteiger partial charge in [0.05, 0.1) is 6.42 Å². The first-order valence-electron chi connectivity index (χ1n) is 10.6. The molecule has 1 aliphatic rings. The van der Waals surface area contributed by atoms with Crippen LogP contribution in [-0.4, -0.2) is 44.4 Å². The number of esters is 1. The highest BCUT2D eigenvalue weighted by atomic mass is 32.2. The minimum Gasteiger partial charge on any atom is -0.456 e. The minimum absolute atomic E-state index is 0.0533. The molecule has 1 saturated carbocycles. The summed E-state index contributed by atoms with van der Waals surface area (Å²) in [7, 11) is -3.65. The smallest absolute Gasteiger partial charge is 0.307 e. The summed E-state index contributed by atoms with van der Waals surface area (Å²) < 4.78 is 45.0. The Bertz CT molecular complexity index is 988. The van der Waals surface area contributed by atoms with Crippen molar-refractivity contribution in [1.82, 2.24) is 9.62 Å². The fourth-order valence-electron chi connectivity index (χ4n) is 3.67. The molecule has 1 amide bonds. The van der Waals surface area contributed by atoms with Crippen LogP contribution in [0.3, 0.4) is 0 Å². The lowest BCUT2D eigenvalue weighted by Gasteiger charge is -2.34. The molecule has 1 aromatic carbocycles. The van der Waals surface area contributed by atoms with Gasteiger partial charge < -0.3 is 9.64 Å². The van der Waals surface area contributed by atoms with E-state index in [-0.39, 0.29) is 34.9 Å². The van der Waals surface area contributed by atoms with E-state index in [0.29, 0.717) is 6.54 Å². The van der Waals surface area contributed by atoms with Crippen molar-refractivity contribution in [2.24, 2.45) is 0 Å². The Morgan fingerprint density at radius 1 is 1.12 bits per heavy atom. The van der Waals surface area contributed by atoms with Crippen molar-refractivity contribution in [3.8, 4) is 0 Å². The van der Waals surface area contributed by atoms with Crippen LogP contribution in [0.2, 0.25) is 0 Å². The quantitative estimate of drug-likeness (QED) is 0.524. The van der Waals surface area contributed by atoms with Crippen LogP contribution in [0.1, 0.15) is 44.1 Å². The maximum Gasteiger partial charge on any atom is 0.307 e. The molecule has 32 heavy (non-hydrogen) atoms. The molecule has 1 aliphatic carbocycles. The predicted octanol–water partition coefficient (Wildman–Crippen LogP) is 3.46. The number of sulfonamides is 1. The van der Waals surface area contributed by atoms with Gasteiger partial charge in [-0.2, -0.15) is 0 Å². The van der Waals surface area contributed by atoms with Gasteiger partial charge in [-0.25, -0.2) is 17.5 Å². The number of nitrogens with one attached hydrogen (secondary N) is 1. The van der Waals surface area contributed by atoms with E-state index in [9.17, 15) is 22.4 Å². The third-order valence-corrected chi connectivity index (χ3v) is 8.20. The molecule has 2 aromatic rings. The minimum atomic E-state index is -3.65. The second-order valence-corrected chi connectivity index (χ2v) is 10.6. The highest BCUT2D eigenvalue weighted by molar-refractivity contribution is 7.91. The van der Waals surface area contributed by atoms with Crippen LogP contribution in [0.25, 0.3) is 0 Å². The van der Waals surface area contributed by atoms with Gasteiger partial charge in [-0.1, -0.05) is 37.5 Å². The van der Waals surface area contributed by atoms with Crippen molar-refractivity contribution in [3.05, 3.63) is 53.2 Å². The molecule has 0 aliphatic heterocycles. The second kappa shape index (κ2) is 11.5. The van der Waals surface area contributed by atoms with E-state index in [4.69, 9.17) is 4.74 Å². The molecule has 1 aromatic heterocycles. The molecule has 0 saturated heterocycles. The standard InChI is InChI=1S/C22H27FN2O5S2/c23-18-10-8-17(9-11-18)15-25(19-5-2-1-3-6-19)20(26)16-30-21(27)12-13-24-32(28,29)22-7-4-14-31-22/h4,7-11,14,19,24H,1-3,5-6,12-13,15-16H2. The van der Waals surface area contributed by atoms with E-state index in [1.807, 2.05) is 0 Å². The summed E-state index contributed by atoms with van der Waals surface area (Å²) in [4.78, 5) is 26.6. The molecule has 1 heterocycles. The Kier molecular flexibility index (Phi) is 8.77. The van der Waals surface area contributed by atoms with Crippen LogP contribution < -0.4 is 4.72 Å². The highest BCUT2D eigenvalue weighted by Gasteiger charge is 2.26. The summed E-state index contributed by atoms with van der Waals surface area (Å²) in [6.45, 7) is -0.203. The van der Waals surface area contributed by atoms with E-state index in [2.05, 4.69) is 4.72 Å². The zero-order chi connectivity index (χ0) is 23.0. The number of halogens is 1. The molecule has 1 N–H and O–H groups in total. The number of carbonyl (C=O) groups excluding carboxylic acids is 2. The van der Waals surface area contributed by atoms with Gasteiger partial charge in [0, 0.05) is 19.1 Å². The Labute approximate surface area is 191 Å². The third kappa shape index (κ3) is 7.11. The first kappa shape index (κ1) is 24.3. The van der Waals surface area contributed by atoms with Crippen molar-refractivity contribution in [2.45, 2.75) is 55.3 Å². The normalized spacial score (nSPS) is 14.8. The molecule has 3 rings (SSSR count). The number of amides is 1. The number of rotatable bonds is 10. The zero-order valence-electron chi connectivity index (χ0n) is 17.7. The Balaban J connectivity index is 1.51. The van der Waals surface area contributed by atoms with E-state index in [1.165, 1.54) is 18.2 Å². The fourth-order valence-corrected chi connectivity index (χ4v) is 5.74. The monoisotopic (exact) mass is 482 g/mol. The first-order valence-corrected chi connectivity index (χ1v) is 12.9. The van der Waals surface area contributed by atoms with Gasteiger partial charge in [-0.05, 0) is 42.0 Å². The van der Waals surface area contributed by atoms with Crippen molar-refractivity contribution >= 4 is 33.2 Å². The number of thiophene rings is 1. The third-order valence-electron chi connectivity index (χ3n) is 5.34. The zero-order valence-corrected chi connectivity index (χ0v) is 19.3. The van der Waals surface area contributed by atoms with Crippen LogP contribution in [0, 0.1) is 5.82 Å². The van der Waals surface area contributed by atoms with E-state index in [1.54, 1.807) is 28.5 Å². The summed E-state index contributed by atoms with van der Waals surface area (Å²) in [5, 5.41) is 1.65. The van der Waals surface area contributed by atoms with Gasteiger partial charge >= 0.3 is 5.97 Å². The van der Waals surface area contributed by atoms with Crippen LogP contribution in [0.4, 0.5) is 4.39 Å². The van der Waals surface area contributed by atoms with Crippen LogP contribution >= 0.6 is 11.3 Å². The Morgan fingerprint density at radius 3 is 2.50 bits per heavy atom. The fraction of sp³-hybridized carbons (Fsp3) is 0.455. The van der Waals surface area contributed by atoms with E-state index < -0.39 is 22.6 Å². The lowest BCUT2D eigenvalue weighted by Crippen LogP contribution is -2.43. The SMILES string of the molecule is O=C(CCNS(=O)(=O)c1cccs1)OCC(=O)N(Cc1ccc(F)cc1)C1CCCCC1. The van der Waals surface area contributed by atoms with Crippen LogP contribution in [0.15, 0.2) is 46.0 Å². The summed E-state index contributed by atoms with van der Waals surface area (Å²) >= 11 is 1.08. The first-order chi connectivity index (χ1) is 15.3. The van der Waals surface area contributed by atoms with E-state index in [0.717, 1.165) is 49.0 Å². The van der Waals surface area contributed by atoms with Crippen LogP contribution in [-0.2, 0) is 30.9 Å². The molecule has 7 nitrogen and oxygen atoms in total. The molecule has 174 valence electrons. The average molecular weight is 483 g/mol. The van der Waals surface area contributed by atoms with Gasteiger partial charge in [0.2, 0.25) is 10.0 Å². The predicted molar refractivity (Wildman–Crippen MR) is 119 cm³/mol. The summed E-state index contributed by atoms with van der Waals surface area (Å²) in [6.07, 6.45) is 4.77. The summed E-state index contributed by atoms with van der Waals surface area (Å²) in [5.41, 5.74) is 0.805. The average Bonchev–Trinajstić information content (AvgIpc) is 3.34. The topological polar surface area (TPSA) is 92.8 Å². The van der Waals surface area contributed by atoms with Gasteiger partial charge in [0.1, 0.15) is 10.0 Å². The molecule has 1 fully saturated rings. The maximum atomic E-state index is 13.2. The molecular weight excluding hydrogens is 455 g/mol. The maximum absolute atomic E-state index is 13.2. The Hall–Kier alpha value is -2.30. The lowest BCUT2D eigenvalue weighted by molar-refractivity contribution is -0.153. The van der Waals surface area contributed by atoms with Gasteiger partial charge in [-0.15, -0.1) is 11.3 Å². The van der Waals surface area contributed by atoms with Gasteiger partial charge in [-0.3, -0.25) is 9.59 Å². The molecule has 10 heteroatoms. The lowest BCUT2D eigenvalue weighted by atomic mass is 9.93. The van der Waals surface area contributed by atoms with Crippen molar-refractivity contribution in [2.75, 3.05) is 13.2 Å². The molecule has 0 atom stereocenters. The summed E-state index contributed by atoms with van der Waals surface area (Å²) in [6, 6.07) is 9.16. The van der Waals surface area contributed by atoms with Crippen molar-refractivity contribution in [3.63, 3.8) is 0 Å². The van der Waals surface area contributed by atoms with Gasteiger partial charge in [0.25, 0.3) is 5.91 Å². The number of nitrogens with zero attached hydrogens (tertiary/aromatic N) is 1. The van der Waals surface area contributed by atoms with E-state index >= 15 is 0 Å². The van der Waals surface area contributed by atoms with Gasteiger partial charge in [0.15, 0.2) is 6.61 Å². The Morgan fingerprint density at radius 2 is 1.84 bits per heavy atom. The summed E-state index contributed by atoms with van der Waals surface area (Å²) in [5.74, 6) is -1.31. The number of hydrogen-bond acceptors (Lipinski definition) is 6. The number of benzene rings is 1. The largest absolute Gasteiger partial charge is 0.456 e. The van der Waals surface area contributed by atoms with Crippen LogP contribution in [0.5, 0.6) is 0 Å². The molecule has 0 spiro atoms. The number of hydrogen-bond donors (Lipinski definition) is 1. The molecule has 0 bridgehead atoms. The number of ether oxygens (including phenoxy) is 1. The molecular formula is C22H27FN2O5S2. The van der Waals surface area contributed by atoms with Crippen molar-refractivity contribution < 1.29 is 27.1 Å². The molecule has 0 radical (unpaired) electrons. The van der Waals surface area contributed by atoms with Crippen molar-refractivity contribution in [1.29, 1.82) is 0 Å².